The van der Waals surface area contributed by atoms with Crippen molar-refractivity contribution in [3.05, 3.63) is 26.6 Å². The number of hydrogen-bond acceptors (Lipinski definition) is 6. The topological polar surface area (TPSA) is 64.9 Å². The molecule has 0 amide bonds. The summed E-state index contributed by atoms with van der Waals surface area (Å²) in [6.07, 6.45) is 0. The van der Waals surface area contributed by atoms with Crippen LogP contribution < -0.4 is 10.1 Å². The molecule has 120 valence electrons. The van der Waals surface area contributed by atoms with Gasteiger partial charge < -0.3 is 10.1 Å². The molecule has 0 bridgehead atoms. The van der Waals surface area contributed by atoms with Crippen molar-refractivity contribution in [1.82, 2.24) is 25.5 Å². The first kappa shape index (κ1) is 17.7. The zero-order valence-electron chi connectivity index (χ0n) is 12.3. The second-order valence-electron chi connectivity index (χ2n) is 4.43. The molecule has 0 saturated carbocycles. The van der Waals surface area contributed by atoms with Crippen LogP contribution in [-0.4, -0.2) is 39.1 Å². The molecule has 1 N–H and O–H groups in total. The lowest BCUT2D eigenvalue weighted by Gasteiger charge is -2.11. The maximum Gasteiger partial charge on any atom is 0.209 e. The van der Waals surface area contributed by atoms with Crippen LogP contribution in [0.1, 0.15) is 12.5 Å². The monoisotopic (exact) mass is 449 g/mol. The van der Waals surface area contributed by atoms with Crippen LogP contribution in [0.25, 0.3) is 0 Å². The molecule has 1 aromatic carbocycles. The maximum absolute atomic E-state index is 5.58. The number of rotatable bonds is 8. The van der Waals surface area contributed by atoms with Crippen molar-refractivity contribution in [2.24, 2.45) is 7.05 Å². The Kier molecular flexibility index (Phi) is 7.13. The highest BCUT2D eigenvalue weighted by Gasteiger charge is 2.08. The smallest absolute Gasteiger partial charge is 0.209 e. The molecular weight excluding hydrogens is 434 g/mol. The zero-order chi connectivity index (χ0) is 15.9. The molecular formula is C13H17Br2N5OS. The third-order valence-corrected chi connectivity index (χ3v) is 4.96. The molecule has 0 radical (unpaired) electrons. The number of aryl methyl sites for hydroxylation is 1. The van der Waals surface area contributed by atoms with Crippen LogP contribution in [0, 0.1) is 0 Å². The van der Waals surface area contributed by atoms with Gasteiger partial charge >= 0.3 is 0 Å². The average Bonchev–Trinajstić information content (AvgIpc) is 2.88. The summed E-state index contributed by atoms with van der Waals surface area (Å²) in [5.41, 5.74) is 1.19. The van der Waals surface area contributed by atoms with Crippen LogP contribution in [0.4, 0.5) is 0 Å². The molecule has 6 nitrogen and oxygen atoms in total. The maximum atomic E-state index is 5.58. The van der Waals surface area contributed by atoms with E-state index in [1.165, 1.54) is 5.56 Å². The van der Waals surface area contributed by atoms with E-state index in [9.17, 15) is 0 Å². The van der Waals surface area contributed by atoms with Gasteiger partial charge in [0, 0.05) is 25.9 Å². The first-order valence-corrected chi connectivity index (χ1v) is 9.35. The van der Waals surface area contributed by atoms with E-state index in [1.807, 2.05) is 14.0 Å². The summed E-state index contributed by atoms with van der Waals surface area (Å²) in [5.74, 6) is 1.75. The minimum atomic E-state index is 0.642. The van der Waals surface area contributed by atoms with Gasteiger partial charge in [0.1, 0.15) is 5.75 Å². The number of aromatic nitrogens is 4. The highest BCUT2D eigenvalue weighted by molar-refractivity contribution is 9.11. The van der Waals surface area contributed by atoms with E-state index in [0.29, 0.717) is 6.61 Å². The van der Waals surface area contributed by atoms with Crippen molar-refractivity contribution < 1.29 is 4.74 Å². The zero-order valence-corrected chi connectivity index (χ0v) is 16.3. The van der Waals surface area contributed by atoms with Crippen LogP contribution in [0.3, 0.4) is 0 Å². The molecule has 0 unspecified atom stereocenters. The minimum absolute atomic E-state index is 0.642. The van der Waals surface area contributed by atoms with Gasteiger partial charge in [-0.3, -0.25) is 0 Å². The number of tetrazole rings is 1. The summed E-state index contributed by atoms with van der Waals surface area (Å²) in [6.45, 7) is 4.28. The molecule has 1 aromatic heterocycles. The summed E-state index contributed by atoms with van der Waals surface area (Å²) in [5, 5.41) is 15.6. The van der Waals surface area contributed by atoms with Crippen LogP contribution in [0.2, 0.25) is 0 Å². The van der Waals surface area contributed by atoms with E-state index in [0.717, 1.165) is 38.7 Å². The number of nitrogens with one attached hydrogen (secondary N) is 1. The number of ether oxygens (including phenoxy) is 1. The number of hydrogen-bond donors (Lipinski definition) is 1. The Morgan fingerprint density at radius 1 is 1.32 bits per heavy atom. The Bertz CT molecular complexity index is 599. The van der Waals surface area contributed by atoms with Gasteiger partial charge in [-0.1, -0.05) is 11.8 Å². The second-order valence-corrected chi connectivity index (χ2v) is 7.20. The molecule has 0 spiro atoms. The van der Waals surface area contributed by atoms with E-state index in [-0.39, 0.29) is 0 Å². The number of halogens is 2. The Balaban J connectivity index is 1.78. The molecule has 0 aliphatic carbocycles. The summed E-state index contributed by atoms with van der Waals surface area (Å²) in [7, 11) is 1.84. The normalized spacial score (nSPS) is 10.9. The second kappa shape index (κ2) is 8.85. The Morgan fingerprint density at radius 3 is 2.64 bits per heavy atom. The van der Waals surface area contributed by atoms with Gasteiger partial charge in [0.05, 0.1) is 15.6 Å². The van der Waals surface area contributed by atoms with Gasteiger partial charge in [0.2, 0.25) is 5.16 Å². The summed E-state index contributed by atoms with van der Waals surface area (Å²) < 4.78 is 9.17. The first-order chi connectivity index (χ1) is 10.6. The van der Waals surface area contributed by atoms with Gasteiger partial charge in [0.15, 0.2) is 0 Å². The van der Waals surface area contributed by atoms with Gasteiger partial charge in [-0.2, -0.15) is 0 Å². The Hall–Kier alpha value is -0.640. The Morgan fingerprint density at radius 2 is 2.05 bits per heavy atom. The predicted molar refractivity (Wildman–Crippen MR) is 94.2 cm³/mol. The molecule has 2 rings (SSSR count). The summed E-state index contributed by atoms with van der Waals surface area (Å²) in [6, 6.07) is 4.14. The fourth-order valence-electron chi connectivity index (χ4n) is 1.79. The largest absolute Gasteiger partial charge is 0.492 e. The van der Waals surface area contributed by atoms with Crippen molar-refractivity contribution in [3.63, 3.8) is 0 Å². The molecule has 0 atom stereocenters. The Labute approximate surface area is 150 Å². The molecule has 0 aliphatic heterocycles. The lowest BCUT2D eigenvalue weighted by Crippen LogP contribution is -2.17. The lowest BCUT2D eigenvalue weighted by molar-refractivity contribution is 0.336. The van der Waals surface area contributed by atoms with E-state index in [1.54, 1.807) is 16.4 Å². The SMILES string of the molecule is CCOc1c(Br)cc(CNCCSc2nnnn2C)cc1Br. The highest BCUT2D eigenvalue weighted by Crippen LogP contribution is 2.34. The average molecular weight is 451 g/mol. The first-order valence-electron chi connectivity index (χ1n) is 6.78. The molecule has 0 fully saturated rings. The fraction of sp³-hybridized carbons (Fsp3) is 0.462. The van der Waals surface area contributed by atoms with E-state index < -0.39 is 0 Å². The van der Waals surface area contributed by atoms with E-state index in [4.69, 9.17) is 4.74 Å². The molecule has 1 heterocycles. The quantitative estimate of drug-likeness (QED) is 0.492. The van der Waals surface area contributed by atoms with Crippen LogP contribution in [-0.2, 0) is 13.6 Å². The third kappa shape index (κ3) is 4.94. The standard InChI is InChI=1S/C13H17Br2N5OS/c1-3-21-12-10(14)6-9(7-11(12)15)8-16-4-5-22-13-17-18-19-20(13)2/h6-7,16H,3-5,8H2,1-2H3. The van der Waals surface area contributed by atoms with Crippen molar-refractivity contribution in [2.75, 3.05) is 18.9 Å². The highest BCUT2D eigenvalue weighted by atomic mass is 79.9. The lowest BCUT2D eigenvalue weighted by atomic mass is 10.2. The summed E-state index contributed by atoms with van der Waals surface area (Å²) in [4.78, 5) is 0. The third-order valence-electron chi connectivity index (χ3n) is 2.77. The molecule has 22 heavy (non-hydrogen) atoms. The van der Waals surface area contributed by atoms with Crippen LogP contribution >= 0.6 is 43.6 Å². The number of nitrogens with zero attached hydrogens (tertiary/aromatic N) is 4. The van der Waals surface area contributed by atoms with Crippen molar-refractivity contribution in [3.8, 4) is 5.75 Å². The molecule has 0 aliphatic rings. The molecule has 2 aromatic rings. The van der Waals surface area contributed by atoms with Gasteiger partial charge in [0.25, 0.3) is 0 Å². The van der Waals surface area contributed by atoms with Crippen LogP contribution in [0.5, 0.6) is 5.75 Å². The van der Waals surface area contributed by atoms with Crippen molar-refractivity contribution >= 4 is 43.6 Å². The van der Waals surface area contributed by atoms with Gasteiger partial charge in [-0.05, 0) is 66.9 Å². The predicted octanol–water partition coefficient (Wildman–Crippen LogP) is 3.02. The molecule has 0 saturated heterocycles. The van der Waals surface area contributed by atoms with Crippen molar-refractivity contribution in [2.45, 2.75) is 18.6 Å². The van der Waals surface area contributed by atoms with E-state index >= 15 is 0 Å². The fourth-order valence-corrected chi connectivity index (χ4v) is 4.04. The van der Waals surface area contributed by atoms with Crippen molar-refractivity contribution in [1.29, 1.82) is 0 Å². The van der Waals surface area contributed by atoms with Gasteiger partial charge in [-0.25, -0.2) is 4.68 Å². The number of thioether (sulfide) groups is 1. The van der Waals surface area contributed by atoms with Gasteiger partial charge in [-0.15, -0.1) is 5.10 Å². The molecule has 9 heteroatoms. The van der Waals surface area contributed by atoms with E-state index in [2.05, 4.69) is 64.8 Å². The van der Waals surface area contributed by atoms with Crippen LogP contribution in [0.15, 0.2) is 26.2 Å². The minimum Gasteiger partial charge on any atom is -0.492 e. The number of benzene rings is 1. The summed E-state index contributed by atoms with van der Waals surface area (Å²) >= 11 is 8.72.